The fraction of sp³-hybridized carbons (Fsp3) is 0.867. The fourth-order valence-electron chi connectivity index (χ4n) is 2.45. The maximum absolute atomic E-state index is 11.9. The van der Waals surface area contributed by atoms with E-state index in [-0.39, 0.29) is 24.0 Å². The molecule has 0 amide bonds. The number of hydrogen-bond donors (Lipinski definition) is 0. The van der Waals surface area contributed by atoms with Gasteiger partial charge in [-0.25, -0.2) is 0 Å². The second-order valence-electron chi connectivity index (χ2n) is 6.75. The van der Waals surface area contributed by atoms with Gasteiger partial charge in [0, 0.05) is 12.3 Å². The molecule has 19 heavy (non-hydrogen) atoms. The van der Waals surface area contributed by atoms with Crippen molar-refractivity contribution in [3.63, 3.8) is 0 Å². The molecular formula is C15H26O4. The lowest BCUT2D eigenvalue weighted by molar-refractivity contribution is -0.159. The average Bonchev–Trinajstić information content (AvgIpc) is 2.60. The van der Waals surface area contributed by atoms with Crippen LogP contribution in [0.1, 0.15) is 60.3 Å². The fourth-order valence-corrected chi connectivity index (χ4v) is 2.45. The first-order valence-electron chi connectivity index (χ1n) is 7.08. The minimum Gasteiger partial charge on any atom is -0.462 e. The van der Waals surface area contributed by atoms with Gasteiger partial charge in [-0.05, 0) is 39.5 Å². The minimum atomic E-state index is -0.466. The van der Waals surface area contributed by atoms with E-state index in [1.807, 2.05) is 20.8 Å². The van der Waals surface area contributed by atoms with Crippen LogP contribution in [0, 0.1) is 11.8 Å². The third-order valence-corrected chi connectivity index (χ3v) is 3.06. The molecule has 110 valence electrons. The third-order valence-electron chi connectivity index (χ3n) is 3.06. The van der Waals surface area contributed by atoms with Gasteiger partial charge in [0.15, 0.2) is 0 Å². The molecule has 0 bridgehead atoms. The Kier molecular flexibility index (Phi) is 5.39. The lowest BCUT2D eigenvalue weighted by atomic mass is 9.88. The zero-order chi connectivity index (χ0) is 14.6. The smallest absolute Gasteiger partial charge is 0.306 e. The summed E-state index contributed by atoms with van der Waals surface area (Å²) in [5.74, 6) is 0.178. The molecular weight excluding hydrogens is 244 g/mol. The van der Waals surface area contributed by atoms with E-state index in [9.17, 15) is 9.59 Å². The molecule has 0 radical (unpaired) electrons. The summed E-state index contributed by atoms with van der Waals surface area (Å²) < 4.78 is 10.7. The van der Waals surface area contributed by atoms with Crippen molar-refractivity contribution in [2.75, 3.05) is 0 Å². The molecule has 1 rings (SSSR count). The second-order valence-corrected chi connectivity index (χ2v) is 6.75. The summed E-state index contributed by atoms with van der Waals surface area (Å²) in [5, 5.41) is 0. The highest BCUT2D eigenvalue weighted by Gasteiger charge is 2.33. The van der Waals surface area contributed by atoms with E-state index in [4.69, 9.17) is 9.47 Å². The van der Waals surface area contributed by atoms with E-state index < -0.39 is 5.60 Å². The SMILES string of the molecule is CC(C)CC(CC(=O)OC(C)(C)C)[C@@H]1CCC(=O)O1. The Bertz CT molecular complexity index is 328. The largest absolute Gasteiger partial charge is 0.462 e. The summed E-state index contributed by atoms with van der Waals surface area (Å²) in [4.78, 5) is 23.1. The Hall–Kier alpha value is -1.06. The number of esters is 2. The Morgan fingerprint density at radius 1 is 1.42 bits per heavy atom. The van der Waals surface area contributed by atoms with Crippen molar-refractivity contribution in [2.45, 2.75) is 72.0 Å². The van der Waals surface area contributed by atoms with Crippen LogP contribution in [-0.4, -0.2) is 23.6 Å². The van der Waals surface area contributed by atoms with Crippen molar-refractivity contribution in [1.29, 1.82) is 0 Å². The normalized spacial score (nSPS) is 21.4. The van der Waals surface area contributed by atoms with E-state index in [0.717, 1.165) is 12.8 Å². The van der Waals surface area contributed by atoms with Crippen LogP contribution < -0.4 is 0 Å². The van der Waals surface area contributed by atoms with E-state index >= 15 is 0 Å². The molecule has 0 spiro atoms. The molecule has 0 saturated carbocycles. The van der Waals surface area contributed by atoms with Gasteiger partial charge < -0.3 is 9.47 Å². The van der Waals surface area contributed by atoms with Crippen LogP contribution in [0.3, 0.4) is 0 Å². The van der Waals surface area contributed by atoms with Gasteiger partial charge in [-0.3, -0.25) is 9.59 Å². The molecule has 1 aliphatic rings. The Balaban J connectivity index is 2.59. The third kappa shape index (κ3) is 6.08. The van der Waals surface area contributed by atoms with Crippen LogP contribution in [-0.2, 0) is 19.1 Å². The quantitative estimate of drug-likeness (QED) is 0.720. The first-order chi connectivity index (χ1) is 8.67. The molecule has 0 N–H and O–H groups in total. The summed E-state index contributed by atoms with van der Waals surface area (Å²) in [6, 6.07) is 0. The zero-order valence-electron chi connectivity index (χ0n) is 12.7. The Labute approximate surface area is 115 Å². The van der Waals surface area contributed by atoms with Gasteiger partial charge in [0.1, 0.15) is 11.7 Å². The van der Waals surface area contributed by atoms with Gasteiger partial charge >= 0.3 is 11.9 Å². The van der Waals surface area contributed by atoms with Gasteiger partial charge in [-0.2, -0.15) is 0 Å². The summed E-state index contributed by atoms with van der Waals surface area (Å²) in [6.07, 6.45) is 2.26. The van der Waals surface area contributed by atoms with Crippen molar-refractivity contribution in [1.82, 2.24) is 0 Å². The van der Waals surface area contributed by atoms with Crippen LogP contribution in [0.5, 0.6) is 0 Å². The molecule has 0 aromatic heterocycles. The van der Waals surface area contributed by atoms with E-state index in [1.54, 1.807) is 0 Å². The minimum absolute atomic E-state index is 0.0706. The number of cyclic esters (lactones) is 1. The highest BCUT2D eigenvalue weighted by atomic mass is 16.6. The van der Waals surface area contributed by atoms with Gasteiger partial charge in [0.2, 0.25) is 0 Å². The highest BCUT2D eigenvalue weighted by molar-refractivity contribution is 5.72. The lowest BCUT2D eigenvalue weighted by Gasteiger charge is -2.26. The van der Waals surface area contributed by atoms with Crippen LogP contribution in [0.25, 0.3) is 0 Å². The van der Waals surface area contributed by atoms with E-state index in [2.05, 4.69) is 13.8 Å². The van der Waals surface area contributed by atoms with Gasteiger partial charge in [-0.1, -0.05) is 13.8 Å². The molecule has 1 unspecified atom stereocenters. The first kappa shape index (κ1) is 16.0. The summed E-state index contributed by atoms with van der Waals surface area (Å²) >= 11 is 0. The average molecular weight is 270 g/mol. The summed E-state index contributed by atoms with van der Waals surface area (Å²) in [6.45, 7) is 9.80. The number of carbonyl (C=O) groups is 2. The number of ether oxygens (including phenoxy) is 2. The molecule has 1 heterocycles. The van der Waals surface area contributed by atoms with Crippen LogP contribution >= 0.6 is 0 Å². The topological polar surface area (TPSA) is 52.6 Å². The first-order valence-corrected chi connectivity index (χ1v) is 7.08. The molecule has 2 atom stereocenters. The van der Waals surface area contributed by atoms with Crippen molar-refractivity contribution in [2.24, 2.45) is 11.8 Å². The molecule has 4 heteroatoms. The maximum Gasteiger partial charge on any atom is 0.306 e. The predicted octanol–water partition coefficient (Wildman–Crippen LogP) is 3.09. The number of carbonyl (C=O) groups excluding carboxylic acids is 2. The van der Waals surface area contributed by atoms with Gasteiger partial charge in [0.25, 0.3) is 0 Å². The number of hydrogen-bond acceptors (Lipinski definition) is 4. The Morgan fingerprint density at radius 2 is 2.05 bits per heavy atom. The molecule has 0 aromatic rings. The molecule has 0 aliphatic carbocycles. The van der Waals surface area contributed by atoms with E-state index in [0.29, 0.717) is 18.8 Å². The monoisotopic (exact) mass is 270 g/mol. The summed E-state index contributed by atoms with van der Waals surface area (Å²) in [5.41, 5.74) is -0.466. The standard InChI is InChI=1S/C15H26O4/c1-10(2)8-11(12-6-7-13(16)18-12)9-14(17)19-15(3,4)5/h10-12H,6-9H2,1-5H3/t11?,12-/m0/s1. The molecule has 1 aliphatic heterocycles. The van der Waals surface area contributed by atoms with Crippen LogP contribution in [0.15, 0.2) is 0 Å². The van der Waals surface area contributed by atoms with Crippen LogP contribution in [0.4, 0.5) is 0 Å². The number of rotatable bonds is 5. The zero-order valence-corrected chi connectivity index (χ0v) is 12.7. The Morgan fingerprint density at radius 3 is 2.47 bits per heavy atom. The van der Waals surface area contributed by atoms with Crippen molar-refractivity contribution in [3.05, 3.63) is 0 Å². The van der Waals surface area contributed by atoms with Crippen molar-refractivity contribution < 1.29 is 19.1 Å². The maximum atomic E-state index is 11.9. The van der Waals surface area contributed by atoms with Gasteiger partial charge in [-0.15, -0.1) is 0 Å². The van der Waals surface area contributed by atoms with Crippen molar-refractivity contribution in [3.8, 4) is 0 Å². The molecule has 0 aromatic carbocycles. The molecule has 1 fully saturated rings. The lowest BCUT2D eigenvalue weighted by Crippen LogP contribution is -2.29. The van der Waals surface area contributed by atoms with E-state index in [1.165, 1.54) is 0 Å². The predicted molar refractivity (Wildman–Crippen MR) is 72.5 cm³/mol. The highest BCUT2D eigenvalue weighted by Crippen LogP contribution is 2.29. The molecule has 4 nitrogen and oxygen atoms in total. The summed E-state index contributed by atoms with van der Waals surface area (Å²) in [7, 11) is 0. The van der Waals surface area contributed by atoms with Crippen molar-refractivity contribution >= 4 is 11.9 Å². The molecule has 1 saturated heterocycles. The second kappa shape index (κ2) is 6.40. The van der Waals surface area contributed by atoms with Crippen LogP contribution in [0.2, 0.25) is 0 Å². The van der Waals surface area contributed by atoms with Gasteiger partial charge in [0.05, 0.1) is 6.42 Å².